The first-order valence-electron chi connectivity index (χ1n) is 11.0. The van der Waals surface area contributed by atoms with Crippen molar-refractivity contribution in [2.45, 2.75) is 51.7 Å². The number of aromatic nitrogens is 4. The fraction of sp³-hybridized carbons (Fsp3) is 0.417. The first kappa shape index (κ1) is 23.8. The molecule has 0 saturated heterocycles. The average Bonchev–Trinajstić information content (AvgIpc) is 3.21. The van der Waals surface area contributed by atoms with E-state index < -0.39 is 0 Å². The van der Waals surface area contributed by atoms with Gasteiger partial charge in [0.1, 0.15) is 5.75 Å². The molecule has 2 aromatic heterocycles. The molecule has 0 bridgehead atoms. The third-order valence-corrected chi connectivity index (χ3v) is 5.82. The van der Waals surface area contributed by atoms with E-state index in [0.29, 0.717) is 23.5 Å². The second-order valence-electron chi connectivity index (χ2n) is 8.03. The van der Waals surface area contributed by atoms with E-state index in [1.54, 1.807) is 12.4 Å². The van der Waals surface area contributed by atoms with Crippen LogP contribution in [0.25, 0.3) is 17.1 Å². The monoisotopic (exact) mass is 453 g/mol. The molecule has 1 aromatic carbocycles. The van der Waals surface area contributed by atoms with Gasteiger partial charge in [0.15, 0.2) is 11.0 Å². The highest BCUT2D eigenvalue weighted by Crippen LogP contribution is 2.28. The van der Waals surface area contributed by atoms with Crippen LogP contribution in [0.5, 0.6) is 5.75 Å². The molecular formula is C24H31N5O2S. The molecule has 3 rings (SSSR count). The molecule has 3 aromatic rings. The summed E-state index contributed by atoms with van der Waals surface area (Å²) >= 11 is 1.38. The summed E-state index contributed by atoms with van der Waals surface area (Å²) in [7, 11) is 0. The molecule has 0 saturated carbocycles. The lowest BCUT2D eigenvalue weighted by atomic mass is 10.0. The van der Waals surface area contributed by atoms with Crippen LogP contribution in [-0.4, -0.2) is 44.1 Å². The lowest BCUT2D eigenvalue weighted by molar-refractivity contribution is -0.119. The topological polar surface area (TPSA) is 81.9 Å². The molecular weight excluding hydrogens is 422 g/mol. The summed E-state index contributed by atoms with van der Waals surface area (Å²) in [5.41, 5.74) is 1.80. The summed E-state index contributed by atoms with van der Waals surface area (Å²) in [5.74, 6) is 2.40. The third-order valence-electron chi connectivity index (χ3n) is 4.89. The van der Waals surface area contributed by atoms with Crippen molar-refractivity contribution < 1.29 is 9.53 Å². The van der Waals surface area contributed by atoms with E-state index in [-0.39, 0.29) is 17.7 Å². The summed E-state index contributed by atoms with van der Waals surface area (Å²) in [6.45, 7) is 9.00. The van der Waals surface area contributed by atoms with Crippen molar-refractivity contribution in [3.05, 3.63) is 48.8 Å². The van der Waals surface area contributed by atoms with E-state index >= 15 is 0 Å². The Balaban J connectivity index is 1.78. The zero-order chi connectivity index (χ0) is 22.9. The molecule has 1 amide bonds. The minimum absolute atomic E-state index is 0.00189. The van der Waals surface area contributed by atoms with Crippen LogP contribution in [0.1, 0.15) is 40.5 Å². The fourth-order valence-electron chi connectivity index (χ4n) is 3.24. The molecule has 0 aliphatic heterocycles. The zero-order valence-electron chi connectivity index (χ0n) is 19.1. The second kappa shape index (κ2) is 11.7. The van der Waals surface area contributed by atoms with Crippen molar-refractivity contribution in [1.82, 2.24) is 25.1 Å². The number of amides is 1. The number of rotatable bonds is 11. The van der Waals surface area contributed by atoms with Crippen LogP contribution in [0.4, 0.5) is 0 Å². The van der Waals surface area contributed by atoms with Crippen LogP contribution in [0.3, 0.4) is 0 Å². The lowest BCUT2D eigenvalue weighted by Crippen LogP contribution is -2.34. The molecule has 8 heteroatoms. The lowest BCUT2D eigenvalue weighted by Gasteiger charge is -2.15. The molecule has 0 unspecified atom stereocenters. The summed E-state index contributed by atoms with van der Waals surface area (Å²) in [4.78, 5) is 16.6. The van der Waals surface area contributed by atoms with Gasteiger partial charge in [0.05, 0.1) is 12.4 Å². The first-order valence-corrected chi connectivity index (χ1v) is 12.0. The minimum Gasteiger partial charge on any atom is -0.494 e. The van der Waals surface area contributed by atoms with Crippen LogP contribution in [0, 0.1) is 5.92 Å². The number of benzene rings is 1. The molecule has 32 heavy (non-hydrogen) atoms. The first-order chi connectivity index (χ1) is 15.5. The SMILES string of the molecule is CCOc1ccc(-n2c(SCC(=O)N[C@@H](C)CCC(C)C)nnc2-c2ccncc2)cc1. The van der Waals surface area contributed by atoms with Crippen molar-refractivity contribution >= 4 is 17.7 Å². The Bertz CT molecular complexity index is 989. The van der Waals surface area contributed by atoms with E-state index in [4.69, 9.17) is 4.74 Å². The number of carbonyl (C=O) groups excluding carboxylic acids is 1. The van der Waals surface area contributed by atoms with Crippen LogP contribution in [-0.2, 0) is 4.79 Å². The van der Waals surface area contributed by atoms with Crippen molar-refractivity contribution in [2.75, 3.05) is 12.4 Å². The summed E-state index contributed by atoms with van der Waals surface area (Å²) in [5, 5.41) is 12.5. The zero-order valence-corrected chi connectivity index (χ0v) is 19.9. The molecule has 0 spiro atoms. The summed E-state index contributed by atoms with van der Waals surface area (Å²) in [6.07, 6.45) is 5.52. The second-order valence-corrected chi connectivity index (χ2v) is 8.98. The maximum atomic E-state index is 12.5. The van der Waals surface area contributed by atoms with Gasteiger partial charge in [-0.1, -0.05) is 25.6 Å². The molecule has 7 nitrogen and oxygen atoms in total. The number of nitrogens with zero attached hydrogens (tertiary/aromatic N) is 4. The van der Waals surface area contributed by atoms with Gasteiger partial charge in [0.25, 0.3) is 0 Å². The Morgan fingerprint density at radius 1 is 1.06 bits per heavy atom. The number of thioether (sulfide) groups is 1. The number of ether oxygens (including phenoxy) is 1. The normalized spacial score (nSPS) is 12.0. The quantitative estimate of drug-likeness (QED) is 0.422. The number of hydrogen-bond acceptors (Lipinski definition) is 6. The minimum atomic E-state index is -0.00189. The standard InChI is InChI=1S/C24H31N5O2S/c1-5-31-21-10-8-20(9-11-21)29-23(19-12-14-25-15-13-19)27-28-24(29)32-16-22(30)26-18(4)7-6-17(2)3/h8-15,17-18H,5-7,16H2,1-4H3,(H,26,30)/t18-/m0/s1. The van der Waals surface area contributed by atoms with Gasteiger partial charge in [-0.05, 0) is 69.0 Å². The highest BCUT2D eigenvalue weighted by atomic mass is 32.2. The highest BCUT2D eigenvalue weighted by molar-refractivity contribution is 7.99. The van der Waals surface area contributed by atoms with Crippen molar-refractivity contribution in [1.29, 1.82) is 0 Å². The van der Waals surface area contributed by atoms with Gasteiger partial charge in [-0.3, -0.25) is 14.3 Å². The van der Waals surface area contributed by atoms with Gasteiger partial charge in [0, 0.05) is 29.7 Å². The van der Waals surface area contributed by atoms with E-state index in [1.807, 2.05) is 47.9 Å². The number of hydrogen-bond donors (Lipinski definition) is 1. The van der Waals surface area contributed by atoms with Crippen molar-refractivity contribution in [3.8, 4) is 22.8 Å². The van der Waals surface area contributed by atoms with Crippen molar-refractivity contribution in [3.63, 3.8) is 0 Å². The van der Waals surface area contributed by atoms with Gasteiger partial charge in [0.2, 0.25) is 5.91 Å². The molecule has 170 valence electrons. The van der Waals surface area contributed by atoms with E-state index in [0.717, 1.165) is 29.8 Å². The Kier molecular flexibility index (Phi) is 8.67. The molecule has 0 radical (unpaired) electrons. The smallest absolute Gasteiger partial charge is 0.230 e. The Morgan fingerprint density at radius 3 is 2.44 bits per heavy atom. The van der Waals surface area contributed by atoms with Crippen LogP contribution in [0.2, 0.25) is 0 Å². The molecule has 2 heterocycles. The maximum absolute atomic E-state index is 12.5. The largest absolute Gasteiger partial charge is 0.494 e. The van der Waals surface area contributed by atoms with Crippen LogP contribution >= 0.6 is 11.8 Å². The van der Waals surface area contributed by atoms with Gasteiger partial charge in [-0.15, -0.1) is 10.2 Å². The molecule has 0 aliphatic carbocycles. The highest BCUT2D eigenvalue weighted by Gasteiger charge is 2.18. The van der Waals surface area contributed by atoms with Gasteiger partial charge >= 0.3 is 0 Å². The fourth-order valence-corrected chi connectivity index (χ4v) is 4.01. The summed E-state index contributed by atoms with van der Waals surface area (Å²) in [6, 6.07) is 11.7. The van der Waals surface area contributed by atoms with E-state index in [2.05, 4.69) is 41.3 Å². The predicted molar refractivity (Wildman–Crippen MR) is 128 cm³/mol. The number of nitrogens with one attached hydrogen (secondary N) is 1. The average molecular weight is 454 g/mol. The Hall–Kier alpha value is -2.87. The van der Waals surface area contributed by atoms with Gasteiger partial charge in [-0.25, -0.2) is 0 Å². The van der Waals surface area contributed by atoms with E-state index in [9.17, 15) is 4.79 Å². The molecule has 0 aliphatic rings. The molecule has 0 fully saturated rings. The Morgan fingerprint density at radius 2 is 1.78 bits per heavy atom. The Labute approximate surface area is 194 Å². The van der Waals surface area contributed by atoms with Gasteiger partial charge < -0.3 is 10.1 Å². The number of carbonyl (C=O) groups is 1. The molecule has 1 N–H and O–H groups in total. The number of pyridine rings is 1. The maximum Gasteiger partial charge on any atom is 0.230 e. The summed E-state index contributed by atoms with van der Waals surface area (Å²) < 4.78 is 7.53. The molecule has 1 atom stereocenters. The van der Waals surface area contributed by atoms with Gasteiger partial charge in [-0.2, -0.15) is 0 Å². The van der Waals surface area contributed by atoms with Crippen LogP contribution in [0.15, 0.2) is 53.9 Å². The van der Waals surface area contributed by atoms with Crippen LogP contribution < -0.4 is 10.1 Å². The third kappa shape index (κ3) is 6.56. The predicted octanol–water partition coefficient (Wildman–Crippen LogP) is 4.76. The van der Waals surface area contributed by atoms with E-state index in [1.165, 1.54) is 11.8 Å². The van der Waals surface area contributed by atoms with Crippen molar-refractivity contribution in [2.24, 2.45) is 5.92 Å².